The quantitative estimate of drug-likeness (QED) is 0.928. The minimum absolute atomic E-state index is 0.0153. The molecule has 1 aromatic carbocycles. The van der Waals surface area contributed by atoms with E-state index in [9.17, 15) is 14.0 Å². The highest BCUT2D eigenvalue weighted by Crippen LogP contribution is 2.21. The third kappa shape index (κ3) is 3.18. The molecule has 2 atom stereocenters. The number of halogens is 2. The molecular weight excluding hydrogens is 295 g/mol. The summed E-state index contributed by atoms with van der Waals surface area (Å²) in [5.74, 6) is -0.747. The van der Waals surface area contributed by atoms with E-state index in [1.54, 1.807) is 11.0 Å². The van der Waals surface area contributed by atoms with Crippen LogP contribution in [0, 0.1) is 5.82 Å². The Balaban J connectivity index is 2.26. The van der Waals surface area contributed by atoms with E-state index in [1.807, 2.05) is 13.8 Å². The van der Waals surface area contributed by atoms with E-state index in [2.05, 4.69) is 5.32 Å². The second kappa shape index (κ2) is 6.43. The van der Waals surface area contributed by atoms with Crippen LogP contribution in [-0.4, -0.2) is 28.8 Å². The molecule has 1 aliphatic heterocycles. The lowest BCUT2D eigenvalue weighted by Gasteiger charge is -2.38. The van der Waals surface area contributed by atoms with Gasteiger partial charge in [-0.3, -0.25) is 9.59 Å². The second-order valence-electron chi connectivity index (χ2n) is 5.11. The number of hydrogen-bond donors (Lipinski definition) is 1. The maximum absolute atomic E-state index is 13.2. The van der Waals surface area contributed by atoms with Crippen molar-refractivity contribution in [2.24, 2.45) is 0 Å². The highest BCUT2D eigenvalue weighted by molar-refractivity contribution is 6.30. The molecule has 1 aliphatic rings. The Kier molecular flexibility index (Phi) is 4.83. The Hall–Kier alpha value is -1.62. The molecule has 4 nitrogen and oxygen atoms in total. The lowest BCUT2D eigenvalue weighted by atomic mass is 10.0. The Labute approximate surface area is 128 Å². The SMILES string of the molecule is CCC1NC(=O)C(CC)N(Cc2ccc(F)c(Cl)c2)C1=O. The predicted octanol–water partition coefficient (Wildman–Crippen LogP) is 2.49. The normalized spacial score (nSPS) is 22.4. The summed E-state index contributed by atoms with van der Waals surface area (Å²) in [6.07, 6.45) is 1.07. The Morgan fingerprint density at radius 2 is 2.00 bits per heavy atom. The topological polar surface area (TPSA) is 49.4 Å². The van der Waals surface area contributed by atoms with E-state index in [1.165, 1.54) is 12.1 Å². The van der Waals surface area contributed by atoms with Crippen molar-refractivity contribution in [3.05, 3.63) is 34.6 Å². The summed E-state index contributed by atoms with van der Waals surface area (Å²) in [7, 11) is 0. The molecule has 6 heteroatoms. The molecule has 0 saturated carbocycles. The number of rotatable bonds is 4. The van der Waals surface area contributed by atoms with Crippen LogP contribution in [0.1, 0.15) is 32.3 Å². The summed E-state index contributed by atoms with van der Waals surface area (Å²) in [6.45, 7) is 3.96. The van der Waals surface area contributed by atoms with Crippen LogP contribution < -0.4 is 5.32 Å². The molecular formula is C15H18ClFN2O2. The minimum Gasteiger partial charge on any atom is -0.343 e. The molecule has 0 aromatic heterocycles. The Bertz CT molecular complexity index is 565. The van der Waals surface area contributed by atoms with Crippen LogP contribution in [-0.2, 0) is 16.1 Å². The lowest BCUT2D eigenvalue weighted by molar-refractivity contribution is -0.150. The first-order chi connectivity index (χ1) is 9.97. The number of carbonyl (C=O) groups is 2. The first kappa shape index (κ1) is 15.8. The number of carbonyl (C=O) groups excluding carboxylic acids is 2. The number of hydrogen-bond acceptors (Lipinski definition) is 2. The van der Waals surface area contributed by atoms with Crippen molar-refractivity contribution in [2.45, 2.75) is 45.3 Å². The maximum atomic E-state index is 13.2. The van der Waals surface area contributed by atoms with Gasteiger partial charge in [0.2, 0.25) is 11.8 Å². The summed E-state index contributed by atoms with van der Waals surface area (Å²) in [5.41, 5.74) is 0.706. The van der Waals surface area contributed by atoms with E-state index in [0.717, 1.165) is 0 Å². The van der Waals surface area contributed by atoms with Gasteiger partial charge >= 0.3 is 0 Å². The monoisotopic (exact) mass is 312 g/mol. The average Bonchev–Trinajstić information content (AvgIpc) is 2.46. The fraction of sp³-hybridized carbons (Fsp3) is 0.467. The molecule has 1 fully saturated rings. The summed E-state index contributed by atoms with van der Waals surface area (Å²) in [5, 5.41) is 2.75. The summed E-state index contributed by atoms with van der Waals surface area (Å²) in [4.78, 5) is 26.1. The first-order valence-corrected chi connectivity index (χ1v) is 7.40. The van der Waals surface area contributed by atoms with Crippen LogP contribution in [0.2, 0.25) is 5.02 Å². The molecule has 1 N–H and O–H groups in total. The highest BCUT2D eigenvalue weighted by atomic mass is 35.5. The molecule has 0 spiro atoms. The molecule has 114 valence electrons. The standard InChI is InChI=1S/C15H18ClFN2O2/c1-3-12-15(21)19(13(4-2)14(20)18-12)8-9-5-6-11(17)10(16)7-9/h5-7,12-13H,3-4,8H2,1-2H3,(H,18,20). The van der Waals surface area contributed by atoms with Gasteiger partial charge in [-0.2, -0.15) is 0 Å². The number of piperazine rings is 1. The number of nitrogens with one attached hydrogen (secondary N) is 1. The molecule has 2 unspecified atom stereocenters. The molecule has 1 aromatic rings. The van der Waals surface area contributed by atoms with Crippen molar-refractivity contribution in [3.8, 4) is 0 Å². The number of amides is 2. The lowest BCUT2D eigenvalue weighted by Crippen LogP contribution is -2.62. The summed E-state index contributed by atoms with van der Waals surface area (Å²) in [6, 6.07) is 3.35. The maximum Gasteiger partial charge on any atom is 0.246 e. The van der Waals surface area contributed by atoms with Gasteiger partial charge in [-0.05, 0) is 30.5 Å². The minimum atomic E-state index is -0.499. The molecule has 0 bridgehead atoms. The molecule has 0 radical (unpaired) electrons. The first-order valence-electron chi connectivity index (χ1n) is 7.02. The summed E-state index contributed by atoms with van der Waals surface area (Å²) >= 11 is 5.77. The van der Waals surface area contributed by atoms with E-state index < -0.39 is 17.9 Å². The molecule has 2 amide bonds. The Morgan fingerprint density at radius 1 is 1.29 bits per heavy atom. The van der Waals surface area contributed by atoms with E-state index in [0.29, 0.717) is 18.4 Å². The molecule has 1 heterocycles. The van der Waals surface area contributed by atoms with Crippen LogP contribution in [0.15, 0.2) is 18.2 Å². The smallest absolute Gasteiger partial charge is 0.246 e. The molecule has 21 heavy (non-hydrogen) atoms. The fourth-order valence-corrected chi connectivity index (χ4v) is 2.73. The van der Waals surface area contributed by atoms with E-state index in [4.69, 9.17) is 11.6 Å². The zero-order valence-electron chi connectivity index (χ0n) is 12.0. The third-order valence-electron chi connectivity index (χ3n) is 3.71. The van der Waals surface area contributed by atoms with Gasteiger partial charge in [-0.15, -0.1) is 0 Å². The fourth-order valence-electron chi connectivity index (χ4n) is 2.53. The zero-order valence-corrected chi connectivity index (χ0v) is 12.8. The number of benzene rings is 1. The van der Waals surface area contributed by atoms with Crippen LogP contribution in [0.25, 0.3) is 0 Å². The van der Waals surface area contributed by atoms with Crippen molar-refractivity contribution in [1.29, 1.82) is 0 Å². The largest absolute Gasteiger partial charge is 0.343 e. The molecule has 0 aliphatic carbocycles. The average molecular weight is 313 g/mol. The van der Waals surface area contributed by atoms with Gasteiger partial charge in [0.25, 0.3) is 0 Å². The van der Waals surface area contributed by atoms with Crippen molar-refractivity contribution in [3.63, 3.8) is 0 Å². The van der Waals surface area contributed by atoms with Crippen LogP contribution in [0.5, 0.6) is 0 Å². The van der Waals surface area contributed by atoms with E-state index >= 15 is 0 Å². The van der Waals surface area contributed by atoms with Crippen LogP contribution >= 0.6 is 11.6 Å². The molecule has 2 rings (SSSR count). The molecule has 1 saturated heterocycles. The Morgan fingerprint density at radius 3 is 2.57 bits per heavy atom. The van der Waals surface area contributed by atoms with Gasteiger partial charge in [-0.1, -0.05) is 31.5 Å². The van der Waals surface area contributed by atoms with Gasteiger partial charge in [-0.25, -0.2) is 4.39 Å². The summed E-state index contributed by atoms with van der Waals surface area (Å²) < 4.78 is 13.2. The van der Waals surface area contributed by atoms with Crippen molar-refractivity contribution >= 4 is 23.4 Å². The van der Waals surface area contributed by atoms with Crippen molar-refractivity contribution < 1.29 is 14.0 Å². The van der Waals surface area contributed by atoms with Crippen LogP contribution in [0.4, 0.5) is 4.39 Å². The van der Waals surface area contributed by atoms with Gasteiger partial charge in [0.15, 0.2) is 0 Å². The van der Waals surface area contributed by atoms with Gasteiger partial charge in [0, 0.05) is 6.54 Å². The number of nitrogens with zero attached hydrogens (tertiary/aromatic N) is 1. The third-order valence-corrected chi connectivity index (χ3v) is 4.00. The predicted molar refractivity (Wildman–Crippen MR) is 78.3 cm³/mol. The second-order valence-corrected chi connectivity index (χ2v) is 5.52. The highest BCUT2D eigenvalue weighted by Gasteiger charge is 2.38. The zero-order chi connectivity index (χ0) is 15.6. The van der Waals surface area contributed by atoms with Gasteiger partial charge in [0.1, 0.15) is 17.9 Å². The van der Waals surface area contributed by atoms with Gasteiger partial charge < -0.3 is 10.2 Å². The van der Waals surface area contributed by atoms with Crippen molar-refractivity contribution in [2.75, 3.05) is 0 Å². The van der Waals surface area contributed by atoms with E-state index in [-0.39, 0.29) is 23.4 Å². The van der Waals surface area contributed by atoms with Gasteiger partial charge in [0.05, 0.1) is 5.02 Å². The van der Waals surface area contributed by atoms with Crippen LogP contribution in [0.3, 0.4) is 0 Å². The van der Waals surface area contributed by atoms with Crippen molar-refractivity contribution in [1.82, 2.24) is 10.2 Å².